The van der Waals surface area contributed by atoms with E-state index in [1.165, 1.54) is 6.92 Å². The van der Waals surface area contributed by atoms with E-state index in [2.05, 4.69) is 10.1 Å². The second kappa shape index (κ2) is 4.88. The quantitative estimate of drug-likeness (QED) is 0.754. The summed E-state index contributed by atoms with van der Waals surface area (Å²) in [7, 11) is 1.56. The van der Waals surface area contributed by atoms with Gasteiger partial charge in [0.05, 0.1) is 0 Å². The number of rotatable bonds is 4. The lowest BCUT2D eigenvalue weighted by atomic mass is 10.1. The first-order valence-corrected chi connectivity index (χ1v) is 5.14. The average molecular weight is 232 g/mol. The Kier molecular flexibility index (Phi) is 3.30. The van der Waals surface area contributed by atoms with E-state index in [1.54, 1.807) is 7.11 Å². The predicted octanol–water partition coefficient (Wildman–Crippen LogP) is 2.01. The molecule has 0 saturated carbocycles. The number of carbonyl (C=O) groups is 1. The highest BCUT2D eigenvalue weighted by atomic mass is 16.5. The van der Waals surface area contributed by atoms with Crippen molar-refractivity contribution in [2.45, 2.75) is 13.0 Å². The lowest BCUT2D eigenvalue weighted by molar-refractivity contribution is 0.0971. The van der Waals surface area contributed by atoms with Crippen LogP contribution in [0.4, 0.5) is 0 Å². The summed E-state index contributed by atoms with van der Waals surface area (Å²) in [6.45, 7) is 1.38. The van der Waals surface area contributed by atoms with Crippen LogP contribution in [0.3, 0.4) is 0 Å². The highest BCUT2D eigenvalue weighted by Gasteiger charge is 2.20. The number of nitrogens with zero attached hydrogens (tertiary/aromatic N) is 2. The molecular weight excluding hydrogens is 220 g/mol. The number of hydrogen-bond acceptors (Lipinski definition) is 5. The molecule has 0 aliphatic heterocycles. The molecule has 1 atom stereocenters. The molecule has 0 spiro atoms. The largest absolute Gasteiger partial charge is 0.369 e. The number of ether oxygens (including phenoxy) is 1. The summed E-state index contributed by atoms with van der Waals surface area (Å²) in [5.41, 5.74) is 0.908. The number of aromatic nitrogens is 2. The van der Waals surface area contributed by atoms with Gasteiger partial charge in [0.15, 0.2) is 0 Å². The molecular formula is C12H12N2O3. The highest BCUT2D eigenvalue weighted by Crippen LogP contribution is 2.22. The van der Waals surface area contributed by atoms with Crippen molar-refractivity contribution in [3.05, 3.63) is 47.6 Å². The molecule has 5 heteroatoms. The maximum Gasteiger partial charge on any atom is 0.293 e. The molecule has 5 nitrogen and oxygen atoms in total. The van der Waals surface area contributed by atoms with E-state index in [-0.39, 0.29) is 11.7 Å². The Morgan fingerprint density at radius 3 is 2.59 bits per heavy atom. The Labute approximate surface area is 98.4 Å². The molecule has 1 aromatic heterocycles. The monoisotopic (exact) mass is 232 g/mol. The van der Waals surface area contributed by atoms with Crippen LogP contribution in [0.2, 0.25) is 0 Å². The first-order chi connectivity index (χ1) is 8.22. The normalized spacial score (nSPS) is 12.4. The minimum Gasteiger partial charge on any atom is -0.369 e. The third-order valence-electron chi connectivity index (χ3n) is 2.32. The highest BCUT2D eigenvalue weighted by molar-refractivity contribution is 5.89. The van der Waals surface area contributed by atoms with Crippen molar-refractivity contribution < 1.29 is 14.1 Å². The minimum atomic E-state index is -0.423. The second-order valence-corrected chi connectivity index (χ2v) is 3.54. The molecule has 0 aliphatic carbocycles. The third kappa shape index (κ3) is 2.39. The van der Waals surface area contributed by atoms with Gasteiger partial charge in [0, 0.05) is 14.0 Å². The van der Waals surface area contributed by atoms with E-state index in [0.717, 1.165) is 5.56 Å². The number of ketones is 1. The van der Waals surface area contributed by atoms with Gasteiger partial charge in [0.1, 0.15) is 6.10 Å². The van der Waals surface area contributed by atoms with E-state index >= 15 is 0 Å². The molecule has 0 saturated heterocycles. The third-order valence-corrected chi connectivity index (χ3v) is 2.32. The molecule has 0 radical (unpaired) electrons. The Bertz CT molecular complexity index is 507. The van der Waals surface area contributed by atoms with Crippen LogP contribution in [0.15, 0.2) is 34.9 Å². The van der Waals surface area contributed by atoms with Crippen molar-refractivity contribution >= 4 is 5.78 Å². The molecule has 0 fully saturated rings. The first kappa shape index (κ1) is 11.5. The van der Waals surface area contributed by atoms with Crippen molar-refractivity contribution in [3.63, 3.8) is 0 Å². The summed E-state index contributed by atoms with van der Waals surface area (Å²) in [6.07, 6.45) is -0.423. The molecule has 1 heterocycles. The summed E-state index contributed by atoms with van der Waals surface area (Å²) in [5, 5.41) is 3.75. The van der Waals surface area contributed by atoms with Crippen LogP contribution >= 0.6 is 0 Å². The zero-order chi connectivity index (χ0) is 12.3. The molecule has 17 heavy (non-hydrogen) atoms. The molecule has 0 bridgehead atoms. The smallest absolute Gasteiger partial charge is 0.293 e. The van der Waals surface area contributed by atoms with E-state index in [0.29, 0.717) is 5.82 Å². The number of Topliss-reactive ketones (excluding diaryl/α,β-unsaturated/α-hetero) is 1. The van der Waals surface area contributed by atoms with Crippen LogP contribution in [0, 0.1) is 0 Å². The summed E-state index contributed by atoms with van der Waals surface area (Å²) in [6, 6.07) is 9.50. The fraction of sp³-hybridized carbons (Fsp3) is 0.250. The van der Waals surface area contributed by atoms with Crippen molar-refractivity contribution in [2.75, 3.05) is 7.11 Å². The van der Waals surface area contributed by atoms with Crippen LogP contribution in [-0.4, -0.2) is 23.0 Å². The number of methoxy groups -OCH3 is 1. The molecule has 1 unspecified atom stereocenters. The maximum absolute atomic E-state index is 11.1. The zero-order valence-electron chi connectivity index (χ0n) is 9.58. The van der Waals surface area contributed by atoms with E-state index in [9.17, 15) is 4.79 Å². The number of hydrogen-bond donors (Lipinski definition) is 0. The van der Waals surface area contributed by atoms with E-state index in [4.69, 9.17) is 9.26 Å². The van der Waals surface area contributed by atoms with Gasteiger partial charge in [-0.15, -0.1) is 0 Å². The Balaban J connectivity index is 2.32. The van der Waals surface area contributed by atoms with Crippen LogP contribution in [-0.2, 0) is 4.74 Å². The first-order valence-electron chi connectivity index (χ1n) is 5.14. The topological polar surface area (TPSA) is 65.2 Å². The van der Waals surface area contributed by atoms with Gasteiger partial charge in [0.25, 0.3) is 5.89 Å². The predicted molar refractivity (Wildman–Crippen MR) is 59.6 cm³/mol. The summed E-state index contributed by atoms with van der Waals surface area (Å²) in [4.78, 5) is 15.1. The SMILES string of the molecule is COC(c1ccccc1)c1noc(C(C)=O)n1. The fourth-order valence-corrected chi connectivity index (χ4v) is 1.50. The molecule has 0 amide bonds. The van der Waals surface area contributed by atoms with Gasteiger partial charge < -0.3 is 9.26 Å². The summed E-state index contributed by atoms with van der Waals surface area (Å²) < 4.78 is 10.2. The van der Waals surface area contributed by atoms with Crippen molar-refractivity contribution in [1.29, 1.82) is 0 Å². The average Bonchev–Trinajstić information content (AvgIpc) is 2.81. The Morgan fingerprint density at radius 1 is 1.35 bits per heavy atom. The van der Waals surface area contributed by atoms with Crippen LogP contribution in [0.5, 0.6) is 0 Å². The maximum atomic E-state index is 11.1. The second-order valence-electron chi connectivity index (χ2n) is 3.54. The standard InChI is InChI=1S/C12H12N2O3/c1-8(15)12-13-11(14-17-12)10(16-2)9-6-4-3-5-7-9/h3-7,10H,1-2H3. The lowest BCUT2D eigenvalue weighted by Gasteiger charge is -2.10. The fourth-order valence-electron chi connectivity index (χ4n) is 1.50. The van der Waals surface area contributed by atoms with Gasteiger partial charge >= 0.3 is 0 Å². The van der Waals surface area contributed by atoms with Gasteiger partial charge in [-0.05, 0) is 5.56 Å². The molecule has 2 aromatic rings. The van der Waals surface area contributed by atoms with E-state index in [1.807, 2.05) is 30.3 Å². The summed E-state index contributed by atoms with van der Waals surface area (Å²) in [5.74, 6) is 0.0912. The van der Waals surface area contributed by atoms with E-state index < -0.39 is 6.10 Å². The van der Waals surface area contributed by atoms with Crippen LogP contribution in [0.25, 0.3) is 0 Å². The van der Waals surface area contributed by atoms with Gasteiger partial charge in [-0.1, -0.05) is 35.5 Å². The van der Waals surface area contributed by atoms with Crippen molar-refractivity contribution in [2.24, 2.45) is 0 Å². The lowest BCUT2D eigenvalue weighted by Crippen LogP contribution is -2.06. The Hall–Kier alpha value is -2.01. The molecule has 1 aromatic carbocycles. The summed E-state index contributed by atoms with van der Waals surface area (Å²) >= 11 is 0. The molecule has 0 aliphatic rings. The molecule has 2 rings (SSSR count). The molecule has 88 valence electrons. The van der Waals surface area contributed by atoms with Gasteiger partial charge in [-0.25, -0.2) is 0 Å². The molecule has 0 N–H and O–H groups in total. The Morgan fingerprint density at radius 2 is 2.06 bits per heavy atom. The van der Waals surface area contributed by atoms with Crippen molar-refractivity contribution in [3.8, 4) is 0 Å². The number of benzene rings is 1. The van der Waals surface area contributed by atoms with Crippen molar-refractivity contribution in [1.82, 2.24) is 10.1 Å². The minimum absolute atomic E-state index is 0.00187. The van der Waals surface area contributed by atoms with Crippen LogP contribution < -0.4 is 0 Å². The van der Waals surface area contributed by atoms with Crippen LogP contribution in [0.1, 0.15) is 35.1 Å². The zero-order valence-corrected chi connectivity index (χ0v) is 9.58. The van der Waals surface area contributed by atoms with Gasteiger partial charge in [-0.2, -0.15) is 4.98 Å². The van der Waals surface area contributed by atoms with Gasteiger partial charge in [-0.3, -0.25) is 4.79 Å². The number of carbonyl (C=O) groups excluding carboxylic acids is 1. The van der Waals surface area contributed by atoms with Gasteiger partial charge in [0.2, 0.25) is 11.6 Å².